The minimum atomic E-state index is 0.714. The van der Waals surface area contributed by atoms with Crippen LogP contribution >= 0.6 is 0 Å². The predicted octanol–water partition coefficient (Wildman–Crippen LogP) is 3.98. The Morgan fingerprint density at radius 3 is 2.58 bits per heavy atom. The Kier molecular flexibility index (Phi) is 4.87. The zero-order valence-corrected chi connectivity index (χ0v) is 12.7. The van der Waals surface area contributed by atoms with Gasteiger partial charge in [-0.25, -0.2) is 0 Å². The SMILES string of the molecule is Cc1ccc(N)c(CN(CC(C)C)C2CCCC2)c1. The molecule has 0 amide bonds. The van der Waals surface area contributed by atoms with Gasteiger partial charge in [0.05, 0.1) is 0 Å². The smallest absolute Gasteiger partial charge is 0.0359 e. The van der Waals surface area contributed by atoms with Gasteiger partial charge in [0.2, 0.25) is 0 Å². The molecule has 0 aromatic heterocycles. The van der Waals surface area contributed by atoms with E-state index in [1.165, 1.54) is 43.4 Å². The molecule has 2 heteroatoms. The van der Waals surface area contributed by atoms with Crippen molar-refractivity contribution in [1.82, 2.24) is 4.90 Å². The standard InChI is InChI=1S/C17H28N2/c1-13(2)11-19(16-6-4-5-7-16)12-15-10-14(3)8-9-17(15)18/h8-10,13,16H,4-7,11-12,18H2,1-3H3. The summed E-state index contributed by atoms with van der Waals surface area (Å²) >= 11 is 0. The molecule has 2 N–H and O–H groups in total. The molecule has 0 radical (unpaired) electrons. The molecule has 0 aliphatic heterocycles. The number of hydrogen-bond acceptors (Lipinski definition) is 2. The Bertz CT molecular complexity index is 406. The highest BCUT2D eigenvalue weighted by Gasteiger charge is 2.23. The Morgan fingerprint density at radius 2 is 1.95 bits per heavy atom. The molecular weight excluding hydrogens is 232 g/mol. The molecule has 2 rings (SSSR count). The fourth-order valence-corrected chi connectivity index (χ4v) is 3.17. The van der Waals surface area contributed by atoms with E-state index in [1.807, 2.05) is 6.07 Å². The van der Waals surface area contributed by atoms with Crippen LogP contribution in [0.25, 0.3) is 0 Å². The fourth-order valence-electron chi connectivity index (χ4n) is 3.17. The highest BCUT2D eigenvalue weighted by Crippen LogP contribution is 2.27. The zero-order chi connectivity index (χ0) is 13.8. The van der Waals surface area contributed by atoms with Crippen LogP contribution in [0.3, 0.4) is 0 Å². The molecular formula is C17H28N2. The van der Waals surface area contributed by atoms with E-state index in [0.29, 0.717) is 5.92 Å². The van der Waals surface area contributed by atoms with Crippen LogP contribution in [0.2, 0.25) is 0 Å². The first kappa shape index (κ1) is 14.4. The predicted molar refractivity (Wildman–Crippen MR) is 83.1 cm³/mol. The lowest BCUT2D eigenvalue weighted by Gasteiger charge is -2.31. The molecule has 1 fully saturated rings. The first-order valence-corrected chi connectivity index (χ1v) is 7.65. The van der Waals surface area contributed by atoms with E-state index in [2.05, 4.69) is 37.8 Å². The second-order valence-electron chi connectivity index (χ2n) is 6.46. The topological polar surface area (TPSA) is 29.3 Å². The normalized spacial score (nSPS) is 16.7. The van der Waals surface area contributed by atoms with Crippen LogP contribution < -0.4 is 5.73 Å². The molecule has 1 aromatic carbocycles. The second kappa shape index (κ2) is 6.42. The first-order chi connectivity index (χ1) is 9.06. The maximum atomic E-state index is 6.14. The van der Waals surface area contributed by atoms with Crippen LogP contribution in [0.1, 0.15) is 50.7 Å². The third kappa shape index (κ3) is 3.97. The largest absolute Gasteiger partial charge is 0.398 e. The molecule has 1 aliphatic carbocycles. The maximum absolute atomic E-state index is 6.14. The highest BCUT2D eigenvalue weighted by molar-refractivity contribution is 5.48. The van der Waals surface area contributed by atoms with Gasteiger partial charge in [0, 0.05) is 24.8 Å². The van der Waals surface area contributed by atoms with Crippen molar-refractivity contribution >= 4 is 5.69 Å². The molecule has 0 unspecified atom stereocenters. The van der Waals surface area contributed by atoms with Gasteiger partial charge in [-0.1, -0.05) is 44.4 Å². The second-order valence-corrected chi connectivity index (χ2v) is 6.46. The van der Waals surface area contributed by atoms with E-state index < -0.39 is 0 Å². The van der Waals surface area contributed by atoms with E-state index >= 15 is 0 Å². The van der Waals surface area contributed by atoms with Gasteiger partial charge in [-0.3, -0.25) is 4.90 Å². The van der Waals surface area contributed by atoms with Crippen molar-refractivity contribution in [3.05, 3.63) is 29.3 Å². The monoisotopic (exact) mass is 260 g/mol. The van der Waals surface area contributed by atoms with Crippen LogP contribution in [-0.4, -0.2) is 17.5 Å². The third-order valence-corrected chi connectivity index (χ3v) is 4.11. The average molecular weight is 260 g/mol. The summed E-state index contributed by atoms with van der Waals surface area (Å²) in [5, 5.41) is 0. The molecule has 2 nitrogen and oxygen atoms in total. The lowest BCUT2D eigenvalue weighted by atomic mass is 10.1. The quantitative estimate of drug-likeness (QED) is 0.811. The van der Waals surface area contributed by atoms with Gasteiger partial charge in [0.25, 0.3) is 0 Å². The van der Waals surface area contributed by atoms with Gasteiger partial charge in [0.15, 0.2) is 0 Å². The van der Waals surface area contributed by atoms with Gasteiger partial charge >= 0.3 is 0 Å². The van der Waals surface area contributed by atoms with Crippen LogP contribution in [0.5, 0.6) is 0 Å². The molecule has 0 saturated heterocycles. The molecule has 1 saturated carbocycles. The van der Waals surface area contributed by atoms with Gasteiger partial charge in [-0.15, -0.1) is 0 Å². The van der Waals surface area contributed by atoms with Crippen LogP contribution in [0, 0.1) is 12.8 Å². The number of benzene rings is 1. The minimum Gasteiger partial charge on any atom is -0.398 e. The third-order valence-electron chi connectivity index (χ3n) is 4.11. The molecule has 0 atom stereocenters. The number of hydrogen-bond donors (Lipinski definition) is 1. The van der Waals surface area contributed by atoms with Crippen LogP contribution in [0.4, 0.5) is 5.69 Å². The lowest BCUT2D eigenvalue weighted by Crippen LogP contribution is -2.35. The van der Waals surface area contributed by atoms with Gasteiger partial charge in [0.1, 0.15) is 0 Å². The number of nitrogens with two attached hydrogens (primary N) is 1. The Hall–Kier alpha value is -1.02. The highest BCUT2D eigenvalue weighted by atomic mass is 15.2. The minimum absolute atomic E-state index is 0.714. The molecule has 106 valence electrons. The van der Waals surface area contributed by atoms with E-state index in [9.17, 15) is 0 Å². The summed E-state index contributed by atoms with van der Waals surface area (Å²) in [5.74, 6) is 0.714. The summed E-state index contributed by atoms with van der Waals surface area (Å²) in [6.07, 6.45) is 5.50. The number of nitrogen functional groups attached to an aromatic ring is 1. The average Bonchev–Trinajstić information content (AvgIpc) is 2.86. The van der Waals surface area contributed by atoms with Crippen molar-refractivity contribution in [3.8, 4) is 0 Å². The summed E-state index contributed by atoms with van der Waals surface area (Å²) < 4.78 is 0. The van der Waals surface area contributed by atoms with Crippen LogP contribution in [0.15, 0.2) is 18.2 Å². The number of rotatable bonds is 5. The molecule has 1 aromatic rings. The van der Waals surface area contributed by atoms with Crippen LogP contribution in [-0.2, 0) is 6.54 Å². The van der Waals surface area contributed by atoms with Crippen molar-refractivity contribution in [1.29, 1.82) is 0 Å². The van der Waals surface area contributed by atoms with Crippen molar-refractivity contribution in [2.24, 2.45) is 5.92 Å². The summed E-state index contributed by atoms with van der Waals surface area (Å²) in [6.45, 7) is 8.95. The number of anilines is 1. The first-order valence-electron chi connectivity index (χ1n) is 7.65. The molecule has 0 bridgehead atoms. The van der Waals surface area contributed by atoms with E-state index in [4.69, 9.17) is 5.73 Å². The van der Waals surface area contributed by atoms with E-state index in [1.54, 1.807) is 0 Å². The molecule has 0 spiro atoms. The lowest BCUT2D eigenvalue weighted by molar-refractivity contribution is 0.169. The van der Waals surface area contributed by atoms with Gasteiger partial charge in [-0.2, -0.15) is 0 Å². The van der Waals surface area contributed by atoms with E-state index in [-0.39, 0.29) is 0 Å². The maximum Gasteiger partial charge on any atom is 0.0359 e. The van der Waals surface area contributed by atoms with Crippen molar-refractivity contribution in [3.63, 3.8) is 0 Å². The zero-order valence-electron chi connectivity index (χ0n) is 12.7. The summed E-state index contributed by atoms with van der Waals surface area (Å²) in [6, 6.07) is 7.16. The number of nitrogens with zero attached hydrogens (tertiary/aromatic N) is 1. The van der Waals surface area contributed by atoms with Crippen molar-refractivity contribution in [2.75, 3.05) is 12.3 Å². The summed E-state index contributed by atoms with van der Waals surface area (Å²) in [7, 11) is 0. The number of aryl methyl sites for hydroxylation is 1. The Balaban J connectivity index is 2.12. The van der Waals surface area contributed by atoms with Crippen molar-refractivity contribution in [2.45, 2.75) is 59.0 Å². The Morgan fingerprint density at radius 1 is 1.26 bits per heavy atom. The van der Waals surface area contributed by atoms with Gasteiger partial charge < -0.3 is 5.73 Å². The fraction of sp³-hybridized carbons (Fsp3) is 0.647. The van der Waals surface area contributed by atoms with E-state index in [0.717, 1.165) is 18.3 Å². The summed E-state index contributed by atoms with van der Waals surface area (Å²) in [4.78, 5) is 2.66. The molecule has 1 aliphatic rings. The Labute approximate surface area is 118 Å². The summed E-state index contributed by atoms with van der Waals surface area (Å²) in [5.41, 5.74) is 9.69. The molecule has 0 heterocycles. The van der Waals surface area contributed by atoms with Crippen molar-refractivity contribution < 1.29 is 0 Å². The molecule has 19 heavy (non-hydrogen) atoms. The van der Waals surface area contributed by atoms with Gasteiger partial charge in [-0.05, 0) is 37.3 Å².